The molecule has 0 saturated heterocycles. The summed E-state index contributed by atoms with van der Waals surface area (Å²) in [7, 11) is 0. The second-order valence-corrected chi connectivity index (χ2v) is 6.09. The van der Waals surface area contributed by atoms with Gasteiger partial charge in [-0.3, -0.25) is 4.79 Å². The number of carbonyl (C=O) groups excluding carboxylic acids is 1. The van der Waals surface area contributed by atoms with E-state index in [0.29, 0.717) is 29.3 Å². The zero-order valence-electron chi connectivity index (χ0n) is 13.5. The van der Waals surface area contributed by atoms with E-state index >= 15 is 0 Å². The molecule has 0 aliphatic heterocycles. The van der Waals surface area contributed by atoms with Crippen LogP contribution in [-0.2, 0) is 17.8 Å². The molecule has 1 amide bonds. The Morgan fingerprint density at radius 3 is 2.52 bits per heavy atom. The van der Waals surface area contributed by atoms with Crippen molar-refractivity contribution in [2.75, 3.05) is 0 Å². The SMILES string of the molecule is NC(=O)C(=Cc1ccccc1)Cc1cn(Cc2ccc(Cl)cc2)nn1. The average molecular weight is 353 g/mol. The van der Waals surface area contributed by atoms with Crippen LogP contribution in [0.5, 0.6) is 0 Å². The van der Waals surface area contributed by atoms with E-state index in [1.165, 1.54) is 0 Å². The minimum absolute atomic E-state index is 0.338. The lowest BCUT2D eigenvalue weighted by atomic mass is 10.1. The maximum Gasteiger partial charge on any atom is 0.245 e. The zero-order valence-corrected chi connectivity index (χ0v) is 14.2. The third kappa shape index (κ3) is 4.78. The lowest BCUT2D eigenvalue weighted by Crippen LogP contribution is -2.15. The fraction of sp³-hybridized carbons (Fsp3) is 0.105. The predicted octanol–water partition coefficient (Wildman–Crippen LogP) is 3.09. The molecule has 2 N–H and O–H groups in total. The number of halogens is 1. The van der Waals surface area contributed by atoms with Gasteiger partial charge in [-0.25, -0.2) is 4.68 Å². The van der Waals surface area contributed by atoms with Gasteiger partial charge in [0.05, 0.1) is 12.2 Å². The highest BCUT2D eigenvalue weighted by molar-refractivity contribution is 6.30. The van der Waals surface area contributed by atoms with E-state index in [1.807, 2.05) is 60.8 Å². The molecule has 0 atom stereocenters. The predicted molar refractivity (Wildman–Crippen MR) is 97.9 cm³/mol. The van der Waals surface area contributed by atoms with E-state index in [9.17, 15) is 4.79 Å². The number of rotatable bonds is 6. The van der Waals surface area contributed by atoms with Gasteiger partial charge in [0, 0.05) is 23.2 Å². The van der Waals surface area contributed by atoms with E-state index in [0.717, 1.165) is 11.1 Å². The van der Waals surface area contributed by atoms with Gasteiger partial charge >= 0.3 is 0 Å². The van der Waals surface area contributed by atoms with Gasteiger partial charge in [-0.05, 0) is 29.3 Å². The molecule has 0 aliphatic carbocycles. The summed E-state index contributed by atoms with van der Waals surface area (Å²) in [6.45, 7) is 0.582. The molecule has 3 rings (SSSR count). The number of nitrogens with two attached hydrogens (primary N) is 1. The summed E-state index contributed by atoms with van der Waals surface area (Å²) in [6, 6.07) is 17.1. The minimum atomic E-state index is -0.462. The molecule has 0 bridgehead atoms. The van der Waals surface area contributed by atoms with E-state index < -0.39 is 5.91 Å². The standard InChI is InChI=1S/C19H17ClN4O/c20-17-8-6-15(7-9-17)12-24-13-18(22-23-24)11-16(19(21)25)10-14-4-2-1-3-5-14/h1-10,13H,11-12H2,(H2,21,25). The van der Waals surface area contributed by atoms with Crippen molar-refractivity contribution in [1.29, 1.82) is 0 Å². The van der Waals surface area contributed by atoms with Crippen LogP contribution in [0.4, 0.5) is 0 Å². The molecule has 25 heavy (non-hydrogen) atoms. The molecule has 6 heteroatoms. The van der Waals surface area contributed by atoms with Crippen molar-refractivity contribution in [2.24, 2.45) is 5.73 Å². The number of hydrogen-bond donors (Lipinski definition) is 1. The van der Waals surface area contributed by atoms with Gasteiger partial charge in [-0.1, -0.05) is 59.3 Å². The molecule has 0 spiro atoms. The zero-order chi connectivity index (χ0) is 17.6. The van der Waals surface area contributed by atoms with Crippen LogP contribution in [0.15, 0.2) is 66.4 Å². The van der Waals surface area contributed by atoms with Crippen LogP contribution in [0.1, 0.15) is 16.8 Å². The Labute approximate surface area is 150 Å². The number of benzene rings is 2. The van der Waals surface area contributed by atoms with Gasteiger partial charge < -0.3 is 5.73 Å². The van der Waals surface area contributed by atoms with Crippen molar-refractivity contribution in [1.82, 2.24) is 15.0 Å². The molecule has 0 unspecified atom stereocenters. The van der Waals surface area contributed by atoms with Gasteiger partial charge in [0.25, 0.3) is 0 Å². The first kappa shape index (κ1) is 16.9. The molecule has 0 radical (unpaired) electrons. The summed E-state index contributed by atoms with van der Waals surface area (Å²) >= 11 is 5.89. The molecule has 3 aromatic rings. The summed E-state index contributed by atoms with van der Waals surface area (Å²) in [5.41, 5.74) is 8.67. The number of amides is 1. The minimum Gasteiger partial charge on any atom is -0.366 e. The number of aromatic nitrogens is 3. The van der Waals surface area contributed by atoms with Gasteiger partial charge in [-0.15, -0.1) is 5.10 Å². The molecule has 5 nitrogen and oxygen atoms in total. The van der Waals surface area contributed by atoms with Crippen molar-refractivity contribution in [3.63, 3.8) is 0 Å². The maximum absolute atomic E-state index is 11.7. The molecule has 2 aromatic carbocycles. The fourth-order valence-corrected chi connectivity index (χ4v) is 2.55. The van der Waals surface area contributed by atoms with Gasteiger partial charge in [0.1, 0.15) is 0 Å². The summed E-state index contributed by atoms with van der Waals surface area (Å²) in [5, 5.41) is 8.93. The molecule has 0 aliphatic rings. The summed E-state index contributed by atoms with van der Waals surface area (Å²) in [4.78, 5) is 11.7. The van der Waals surface area contributed by atoms with Crippen molar-refractivity contribution in [3.05, 3.63) is 88.2 Å². The van der Waals surface area contributed by atoms with E-state index in [4.69, 9.17) is 17.3 Å². The molecule has 126 valence electrons. The number of hydrogen-bond acceptors (Lipinski definition) is 3. The van der Waals surface area contributed by atoms with Crippen molar-refractivity contribution in [3.8, 4) is 0 Å². The highest BCUT2D eigenvalue weighted by Crippen LogP contribution is 2.13. The Balaban J connectivity index is 1.73. The first-order valence-corrected chi connectivity index (χ1v) is 8.17. The number of nitrogens with zero attached hydrogens (tertiary/aromatic N) is 3. The lowest BCUT2D eigenvalue weighted by molar-refractivity contribution is -0.114. The van der Waals surface area contributed by atoms with E-state index in [2.05, 4.69) is 10.3 Å². The van der Waals surface area contributed by atoms with Crippen LogP contribution >= 0.6 is 11.6 Å². The first-order valence-electron chi connectivity index (χ1n) is 7.79. The third-order valence-electron chi connectivity index (χ3n) is 3.67. The Bertz CT molecular complexity index is 885. The highest BCUT2D eigenvalue weighted by atomic mass is 35.5. The fourth-order valence-electron chi connectivity index (χ4n) is 2.43. The number of primary amides is 1. The van der Waals surface area contributed by atoms with Crippen LogP contribution in [0.2, 0.25) is 5.02 Å². The summed E-state index contributed by atoms with van der Waals surface area (Å²) in [5.74, 6) is -0.462. The molecule has 0 saturated carbocycles. The Morgan fingerprint density at radius 1 is 1.12 bits per heavy atom. The van der Waals surface area contributed by atoms with Gasteiger partial charge in [0.15, 0.2) is 0 Å². The third-order valence-corrected chi connectivity index (χ3v) is 3.92. The summed E-state index contributed by atoms with van der Waals surface area (Å²) in [6.07, 6.45) is 3.93. The van der Waals surface area contributed by atoms with E-state index in [-0.39, 0.29) is 0 Å². The van der Waals surface area contributed by atoms with Crippen LogP contribution in [-0.4, -0.2) is 20.9 Å². The largest absolute Gasteiger partial charge is 0.366 e. The normalized spacial score (nSPS) is 11.5. The topological polar surface area (TPSA) is 73.8 Å². The quantitative estimate of drug-likeness (QED) is 0.693. The second kappa shape index (κ2) is 7.77. The molecule has 1 aromatic heterocycles. The van der Waals surface area contributed by atoms with Crippen LogP contribution < -0.4 is 5.73 Å². The average Bonchev–Trinajstić information content (AvgIpc) is 3.04. The van der Waals surface area contributed by atoms with Gasteiger partial charge in [0.2, 0.25) is 5.91 Å². The molecular formula is C19H17ClN4O. The van der Waals surface area contributed by atoms with Crippen LogP contribution in [0, 0.1) is 0 Å². The lowest BCUT2D eigenvalue weighted by Gasteiger charge is -2.02. The van der Waals surface area contributed by atoms with Crippen LogP contribution in [0.25, 0.3) is 6.08 Å². The highest BCUT2D eigenvalue weighted by Gasteiger charge is 2.10. The van der Waals surface area contributed by atoms with Crippen molar-refractivity contribution >= 4 is 23.6 Å². The smallest absolute Gasteiger partial charge is 0.245 e. The Morgan fingerprint density at radius 2 is 1.84 bits per heavy atom. The van der Waals surface area contributed by atoms with Crippen molar-refractivity contribution < 1.29 is 4.79 Å². The van der Waals surface area contributed by atoms with Crippen LogP contribution in [0.3, 0.4) is 0 Å². The molecular weight excluding hydrogens is 336 g/mol. The maximum atomic E-state index is 11.7. The Hall–Kier alpha value is -2.92. The van der Waals surface area contributed by atoms with Gasteiger partial charge in [-0.2, -0.15) is 0 Å². The monoisotopic (exact) mass is 352 g/mol. The summed E-state index contributed by atoms with van der Waals surface area (Å²) < 4.78 is 1.72. The van der Waals surface area contributed by atoms with E-state index in [1.54, 1.807) is 10.8 Å². The first-order chi connectivity index (χ1) is 12.1. The Kier molecular flexibility index (Phi) is 5.26. The molecule has 0 fully saturated rings. The molecule has 1 heterocycles. The van der Waals surface area contributed by atoms with Crippen molar-refractivity contribution in [2.45, 2.75) is 13.0 Å². The second-order valence-electron chi connectivity index (χ2n) is 5.66. The number of carbonyl (C=O) groups is 1.